The van der Waals surface area contributed by atoms with Gasteiger partial charge in [0.25, 0.3) is 0 Å². The molecule has 0 N–H and O–H groups in total. The molecular formula is C22H35NO4Si. The van der Waals surface area contributed by atoms with Gasteiger partial charge in [0, 0.05) is 12.5 Å². The number of benzene rings is 1. The maximum Gasteiger partial charge on any atom is 0.416 e. The number of nitrogens with zero attached hydrogens (tertiary/aromatic N) is 1. The number of rotatable bonds is 8. The Hall–Kier alpha value is -1.66. The van der Waals surface area contributed by atoms with E-state index in [0.29, 0.717) is 19.4 Å². The molecular weight excluding hydrogens is 370 g/mol. The molecule has 2 atom stereocenters. The highest BCUT2D eigenvalue weighted by Crippen LogP contribution is 2.36. The molecule has 2 rings (SSSR count). The SMILES string of the molecule is C[C@H](CCCO[Si](C)(C)C(C)(C)C)C(=O)N1C(=O)OC[C@@H]1Cc1ccccc1. The lowest BCUT2D eigenvalue weighted by Gasteiger charge is -2.36. The molecule has 1 heterocycles. The molecule has 1 fully saturated rings. The molecule has 0 spiro atoms. The van der Waals surface area contributed by atoms with E-state index in [1.807, 2.05) is 37.3 Å². The van der Waals surface area contributed by atoms with Crippen LogP contribution in [0.15, 0.2) is 30.3 Å². The van der Waals surface area contributed by atoms with Crippen molar-refractivity contribution in [2.45, 2.75) is 71.1 Å². The van der Waals surface area contributed by atoms with Gasteiger partial charge in [-0.05, 0) is 43.0 Å². The summed E-state index contributed by atoms with van der Waals surface area (Å²) in [5.41, 5.74) is 1.10. The van der Waals surface area contributed by atoms with Crippen LogP contribution < -0.4 is 0 Å². The van der Waals surface area contributed by atoms with E-state index in [2.05, 4.69) is 33.9 Å². The molecule has 5 nitrogen and oxygen atoms in total. The van der Waals surface area contributed by atoms with Crippen LogP contribution in [0.1, 0.15) is 46.1 Å². The molecule has 6 heteroatoms. The summed E-state index contributed by atoms with van der Waals surface area (Å²) in [6.45, 7) is 13.9. The highest BCUT2D eigenvalue weighted by molar-refractivity contribution is 6.74. The normalized spacial score (nSPS) is 18.9. The van der Waals surface area contributed by atoms with Gasteiger partial charge in [-0.2, -0.15) is 0 Å². The number of cyclic esters (lactones) is 1. The van der Waals surface area contributed by atoms with Crippen molar-refractivity contribution in [1.29, 1.82) is 0 Å². The largest absolute Gasteiger partial charge is 0.447 e. The lowest BCUT2D eigenvalue weighted by molar-refractivity contribution is -0.133. The van der Waals surface area contributed by atoms with Gasteiger partial charge < -0.3 is 9.16 Å². The van der Waals surface area contributed by atoms with Crippen molar-refractivity contribution in [2.75, 3.05) is 13.2 Å². The topological polar surface area (TPSA) is 55.8 Å². The number of imide groups is 1. The second-order valence-corrected chi connectivity index (χ2v) is 14.1. The zero-order valence-electron chi connectivity index (χ0n) is 18.2. The number of ether oxygens (including phenoxy) is 1. The third-order valence-electron chi connectivity index (χ3n) is 5.98. The average Bonchev–Trinajstić information content (AvgIpc) is 2.98. The Morgan fingerprint density at radius 1 is 1.29 bits per heavy atom. The van der Waals surface area contributed by atoms with Crippen LogP contribution in [0.4, 0.5) is 4.79 Å². The van der Waals surface area contributed by atoms with Crippen LogP contribution >= 0.6 is 0 Å². The minimum atomic E-state index is -1.76. The molecule has 2 amide bonds. The van der Waals surface area contributed by atoms with E-state index < -0.39 is 14.4 Å². The van der Waals surface area contributed by atoms with Crippen LogP contribution in [0.3, 0.4) is 0 Å². The number of carbonyl (C=O) groups excluding carboxylic acids is 2. The first-order valence-corrected chi connectivity index (χ1v) is 13.1. The number of hydrogen-bond donors (Lipinski definition) is 0. The Morgan fingerprint density at radius 3 is 2.54 bits per heavy atom. The Kier molecular flexibility index (Phi) is 7.45. The van der Waals surface area contributed by atoms with Gasteiger partial charge in [0.1, 0.15) is 6.61 Å². The van der Waals surface area contributed by atoms with Crippen LogP contribution in [0.25, 0.3) is 0 Å². The van der Waals surface area contributed by atoms with Gasteiger partial charge in [-0.3, -0.25) is 4.79 Å². The number of hydrogen-bond acceptors (Lipinski definition) is 4. The van der Waals surface area contributed by atoms with E-state index in [0.717, 1.165) is 12.0 Å². The van der Waals surface area contributed by atoms with Gasteiger partial charge in [-0.15, -0.1) is 0 Å². The number of amides is 2. The first kappa shape index (κ1) is 22.6. The van der Waals surface area contributed by atoms with Crippen molar-refractivity contribution in [3.63, 3.8) is 0 Å². The Bertz CT molecular complexity index is 669. The fourth-order valence-electron chi connectivity index (χ4n) is 3.06. The molecule has 156 valence electrons. The van der Waals surface area contributed by atoms with Crippen molar-refractivity contribution in [2.24, 2.45) is 5.92 Å². The summed E-state index contributed by atoms with van der Waals surface area (Å²) in [6, 6.07) is 9.67. The Morgan fingerprint density at radius 2 is 1.93 bits per heavy atom. The molecule has 1 saturated heterocycles. The summed E-state index contributed by atoms with van der Waals surface area (Å²) in [5, 5.41) is 0.179. The van der Waals surface area contributed by atoms with Crippen molar-refractivity contribution in [3.05, 3.63) is 35.9 Å². The molecule has 0 radical (unpaired) electrons. The quantitative estimate of drug-likeness (QED) is 0.450. The predicted octanol–water partition coefficient (Wildman–Crippen LogP) is 5.01. The third kappa shape index (κ3) is 5.67. The zero-order chi connectivity index (χ0) is 20.9. The first-order chi connectivity index (χ1) is 13.0. The molecule has 1 aliphatic rings. The van der Waals surface area contributed by atoms with Crippen LogP contribution in [0.2, 0.25) is 18.1 Å². The lowest BCUT2D eigenvalue weighted by Crippen LogP contribution is -2.43. The van der Waals surface area contributed by atoms with E-state index >= 15 is 0 Å². The van der Waals surface area contributed by atoms with Crippen molar-refractivity contribution >= 4 is 20.3 Å². The summed E-state index contributed by atoms with van der Waals surface area (Å²) in [7, 11) is -1.76. The van der Waals surface area contributed by atoms with E-state index in [1.165, 1.54) is 4.90 Å². The average molecular weight is 406 g/mol. The molecule has 0 aliphatic carbocycles. The van der Waals surface area contributed by atoms with Gasteiger partial charge in [0.05, 0.1) is 6.04 Å². The highest BCUT2D eigenvalue weighted by Gasteiger charge is 2.40. The van der Waals surface area contributed by atoms with E-state index in [-0.39, 0.29) is 29.5 Å². The maximum atomic E-state index is 12.9. The van der Waals surface area contributed by atoms with Crippen LogP contribution in [0, 0.1) is 5.92 Å². The zero-order valence-corrected chi connectivity index (χ0v) is 19.2. The van der Waals surface area contributed by atoms with Crippen LogP contribution in [-0.2, 0) is 20.4 Å². The van der Waals surface area contributed by atoms with E-state index in [9.17, 15) is 9.59 Å². The fourth-order valence-corrected chi connectivity index (χ4v) is 4.15. The molecule has 0 saturated carbocycles. The second kappa shape index (κ2) is 9.22. The second-order valence-electron chi connectivity index (χ2n) is 9.28. The van der Waals surface area contributed by atoms with Gasteiger partial charge in [0.15, 0.2) is 8.32 Å². The van der Waals surface area contributed by atoms with Gasteiger partial charge in [0.2, 0.25) is 5.91 Å². The summed E-state index contributed by atoms with van der Waals surface area (Å²) >= 11 is 0. The van der Waals surface area contributed by atoms with Crippen molar-refractivity contribution < 1.29 is 18.8 Å². The third-order valence-corrected chi connectivity index (χ3v) is 10.5. The predicted molar refractivity (Wildman–Crippen MR) is 114 cm³/mol. The summed E-state index contributed by atoms with van der Waals surface area (Å²) in [5.74, 6) is -0.373. The molecule has 0 aromatic heterocycles. The Balaban J connectivity index is 1.87. The van der Waals surface area contributed by atoms with E-state index in [4.69, 9.17) is 9.16 Å². The van der Waals surface area contributed by atoms with Gasteiger partial charge in [-0.25, -0.2) is 9.69 Å². The fraction of sp³-hybridized carbons (Fsp3) is 0.636. The van der Waals surface area contributed by atoms with Crippen LogP contribution in [-0.4, -0.2) is 44.5 Å². The first-order valence-electron chi connectivity index (χ1n) is 10.2. The monoisotopic (exact) mass is 405 g/mol. The van der Waals surface area contributed by atoms with Gasteiger partial charge in [-0.1, -0.05) is 58.0 Å². The number of carbonyl (C=O) groups is 2. The highest BCUT2D eigenvalue weighted by atomic mass is 28.4. The smallest absolute Gasteiger partial charge is 0.416 e. The van der Waals surface area contributed by atoms with Crippen molar-refractivity contribution in [3.8, 4) is 0 Å². The molecule has 0 unspecified atom stereocenters. The van der Waals surface area contributed by atoms with Crippen molar-refractivity contribution in [1.82, 2.24) is 4.90 Å². The molecule has 1 aromatic rings. The van der Waals surface area contributed by atoms with Gasteiger partial charge >= 0.3 is 6.09 Å². The summed E-state index contributed by atoms with van der Waals surface area (Å²) in [6.07, 6.45) is 1.62. The Labute approximate surface area is 170 Å². The molecule has 28 heavy (non-hydrogen) atoms. The molecule has 1 aliphatic heterocycles. The van der Waals surface area contributed by atoms with E-state index in [1.54, 1.807) is 0 Å². The minimum Gasteiger partial charge on any atom is -0.447 e. The maximum absolute atomic E-state index is 12.9. The molecule has 1 aromatic carbocycles. The molecule has 0 bridgehead atoms. The summed E-state index contributed by atoms with van der Waals surface area (Å²) in [4.78, 5) is 26.4. The summed E-state index contributed by atoms with van der Waals surface area (Å²) < 4.78 is 11.4. The standard InChI is InChI=1S/C22H35NO4Si/c1-17(11-10-14-27-28(5,6)22(2,3)4)20(24)23-19(16-26-21(23)25)15-18-12-8-7-9-13-18/h7-9,12-13,17,19H,10-11,14-16H2,1-6H3/t17-,19+/m1/s1. The van der Waals surface area contributed by atoms with Crippen LogP contribution in [0.5, 0.6) is 0 Å². The minimum absolute atomic E-state index is 0.143. The lowest BCUT2D eigenvalue weighted by atomic mass is 10.0.